The van der Waals surface area contributed by atoms with E-state index >= 15 is 0 Å². The van der Waals surface area contributed by atoms with Gasteiger partial charge in [0.25, 0.3) is 5.91 Å². The first kappa shape index (κ1) is 14.7. The summed E-state index contributed by atoms with van der Waals surface area (Å²) in [5.41, 5.74) is 1.84. The normalized spacial score (nSPS) is 10.5. The quantitative estimate of drug-likeness (QED) is 0.858. The highest BCUT2D eigenvalue weighted by molar-refractivity contribution is 7.11. The lowest BCUT2D eigenvalue weighted by Gasteiger charge is -2.04. The Bertz CT molecular complexity index is 563. The average Bonchev–Trinajstić information content (AvgIpc) is 2.95. The molecule has 0 spiro atoms. The molecule has 0 radical (unpaired) electrons. The molecule has 20 heavy (non-hydrogen) atoms. The molecule has 2 aromatic rings. The number of rotatable bonds is 6. The zero-order chi connectivity index (χ0) is 14.4. The molecular formula is C15H19N3OS. The van der Waals surface area contributed by atoms with Crippen molar-refractivity contribution >= 4 is 17.2 Å². The van der Waals surface area contributed by atoms with Gasteiger partial charge in [0.1, 0.15) is 5.01 Å². The number of thiazole rings is 1. The van der Waals surface area contributed by atoms with Crippen LogP contribution in [0.5, 0.6) is 0 Å². The second-order valence-corrected chi connectivity index (χ2v) is 5.65. The maximum Gasteiger partial charge on any atom is 0.251 e. The fraction of sp³-hybridized carbons (Fsp3) is 0.333. The molecule has 1 aromatic heterocycles. The van der Waals surface area contributed by atoms with Gasteiger partial charge in [-0.25, -0.2) is 4.98 Å². The summed E-state index contributed by atoms with van der Waals surface area (Å²) < 4.78 is 0. The van der Waals surface area contributed by atoms with Crippen molar-refractivity contribution in [3.05, 3.63) is 51.5 Å². The van der Waals surface area contributed by atoms with Crippen molar-refractivity contribution in [3.63, 3.8) is 0 Å². The molecule has 0 atom stereocenters. The van der Waals surface area contributed by atoms with E-state index in [1.54, 1.807) is 18.4 Å². The molecule has 106 valence electrons. The van der Waals surface area contributed by atoms with Gasteiger partial charge in [-0.1, -0.05) is 19.1 Å². The summed E-state index contributed by atoms with van der Waals surface area (Å²) >= 11 is 1.75. The summed E-state index contributed by atoms with van der Waals surface area (Å²) in [7, 11) is 1.64. The molecule has 1 amide bonds. The Morgan fingerprint density at radius 2 is 2.00 bits per heavy atom. The summed E-state index contributed by atoms with van der Waals surface area (Å²) in [6.45, 7) is 3.69. The van der Waals surface area contributed by atoms with Crippen molar-refractivity contribution in [2.45, 2.75) is 26.4 Å². The van der Waals surface area contributed by atoms with Gasteiger partial charge in [-0.15, -0.1) is 11.3 Å². The second-order valence-electron chi connectivity index (χ2n) is 4.45. The van der Waals surface area contributed by atoms with Crippen LogP contribution in [0.15, 0.2) is 30.5 Å². The van der Waals surface area contributed by atoms with Crippen molar-refractivity contribution in [3.8, 4) is 0 Å². The number of aryl methyl sites for hydroxylation is 1. The van der Waals surface area contributed by atoms with Gasteiger partial charge in [-0.2, -0.15) is 0 Å². The highest BCUT2D eigenvalue weighted by atomic mass is 32.1. The summed E-state index contributed by atoms with van der Waals surface area (Å²) in [6.07, 6.45) is 2.98. The first-order valence-corrected chi connectivity index (χ1v) is 7.50. The molecular weight excluding hydrogens is 270 g/mol. The Morgan fingerprint density at radius 1 is 1.25 bits per heavy atom. The molecule has 0 fully saturated rings. The van der Waals surface area contributed by atoms with Crippen LogP contribution in [-0.2, 0) is 19.5 Å². The monoisotopic (exact) mass is 289 g/mol. The predicted octanol–water partition coefficient (Wildman–Crippen LogP) is 2.35. The van der Waals surface area contributed by atoms with Gasteiger partial charge in [0, 0.05) is 36.8 Å². The van der Waals surface area contributed by atoms with E-state index in [9.17, 15) is 4.79 Å². The highest BCUT2D eigenvalue weighted by Gasteiger charge is 2.03. The van der Waals surface area contributed by atoms with E-state index in [0.717, 1.165) is 30.1 Å². The van der Waals surface area contributed by atoms with Crippen LogP contribution in [0.2, 0.25) is 0 Å². The lowest BCUT2D eigenvalue weighted by molar-refractivity contribution is 0.0963. The molecule has 0 bridgehead atoms. The van der Waals surface area contributed by atoms with Crippen LogP contribution in [-0.4, -0.2) is 17.9 Å². The van der Waals surface area contributed by atoms with Crippen LogP contribution in [0.25, 0.3) is 0 Å². The van der Waals surface area contributed by atoms with Crippen molar-refractivity contribution < 1.29 is 4.79 Å². The number of amides is 1. The Labute approximate surface area is 123 Å². The Morgan fingerprint density at radius 3 is 2.60 bits per heavy atom. The number of nitrogens with one attached hydrogen (secondary N) is 2. The number of hydrogen-bond acceptors (Lipinski definition) is 4. The average molecular weight is 289 g/mol. The highest BCUT2D eigenvalue weighted by Crippen LogP contribution is 2.13. The van der Waals surface area contributed by atoms with E-state index in [2.05, 4.69) is 22.5 Å². The summed E-state index contributed by atoms with van der Waals surface area (Å²) in [4.78, 5) is 17.1. The van der Waals surface area contributed by atoms with Gasteiger partial charge in [0.05, 0.1) is 0 Å². The van der Waals surface area contributed by atoms with Crippen LogP contribution >= 0.6 is 11.3 Å². The zero-order valence-corrected chi connectivity index (χ0v) is 12.6. The molecule has 0 saturated carbocycles. The first-order valence-electron chi connectivity index (χ1n) is 6.68. The zero-order valence-electron chi connectivity index (χ0n) is 11.8. The molecule has 0 aliphatic carbocycles. The lowest BCUT2D eigenvalue weighted by Crippen LogP contribution is -2.18. The number of hydrogen-bond donors (Lipinski definition) is 2. The van der Waals surface area contributed by atoms with E-state index in [-0.39, 0.29) is 5.91 Å². The number of carbonyl (C=O) groups is 1. The molecule has 2 N–H and O–H groups in total. The maximum atomic E-state index is 11.4. The lowest BCUT2D eigenvalue weighted by atomic mass is 10.1. The Hall–Kier alpha value is -1.72. The predicted molar refractivity (Wildman–Crippen MR) is 81.9 cm³/mol. The molecule has 0 aliphatic heterocycles. The molecule has 2 rings (SSSR count). The minimum absolute atomic E-state index is 0.0561. The van der Waals surface area contributed by atoms with Gasteiger partial charge in [0.15, 0.2) is 0 Å². The number of nitrogens with zero attached hydrogens (tertiary/aromatic N) is 1. The standard InChI is InChI=1S/C15H19N3OS/c1-3-13-9-18-14(20-13)10-17-8-11-4-6-12(7-5-11)15(19)16-2/h4-7,9,17H,3,8,10H2,1-2H3,(H,16,19). The molecule has 0 unspecified atom stereocenters. The third-order valence-corrected chi connectivity index (χ3v) is 4.14. The van der Waals surface area contributed by atoms with Gasteiger partial charge < -0.3 is 10.6 Å². The molecule has 0 aliphatic rings. The summed E-state index contributed by atoms with van der Waals surface area (Å²) in [5.74, 6) is -0.0561. The third-order valence-electron chi connectivity index (χ3n) is 3.00. The van der Waals surface area contributed by atoms with E-state index in [0.29, 0.717) is 5.56 Å². The van der Waals surface area contributed by atoms with Crippen molar-refractivity contribution in [2.75, 3.05) is 7.05 Å². The topological polar surface area (TPSA) is 54.0 Å². The van der Waals surface area contributed by atoms with Crippen molar-refractivity contribution in [1.82, 2.24) is 15.6 Å². The molecule has 5 heteroatoms. The van der Waals surface area contributed by atoms with E-state index in [1.807, 2.05) is 30.5 Å². The van der Waals surface area contributed by atoms with Crippen molar-refractivity contribution in [2.24, 2.45) is 0 Å². The summed E-state index contributed by atoms with van der Waals surface area (Å²) in [6, 6.07) is 7.62. The largest absolute Gasteiger partial charge is 0.355 e. The van der Waals surface area contributed by atoms with Gasteiger partial charge in [-0.3, -0.25) is 4.79 Å². The van der Waals surface area contributed by atoms with Crippen molar-refractivity contribution in [1.29, 1.82) is 0 Å². The Kier molecular flexibility index (Phi) is 5.26. The van der Waals surface area contributed by atoms with E-state index in [1.165, 1.54) is 4.88 Å². The molecule has 1 heterocycles. The Balaban J connectivity index is 1.83. The SMILES string of the molecule is CCc1cnc(CNCc2ccc(C(=O)NC)cc2)s1. The third kappa shape index (κ3) is 3.88. The summed E-state index contributed by atoms with van der Waals surface area (Å²) in [5, 5.41) is 7.09. The van der Waals surface area contributed by atoms with Crippen LogP contribution in [0.3, 0.4) is 0 Å². The second kappa shape index (κ2) is 7.17. The first-order chi connectivity index (χ1) is 9.72. The minimum atomic E-state index is -0.0561. The van der Waals surface area contributed by atoms with Crippen LogP contribution in [0.4, 0.5) is 0 Å². The van der Waals surface area contributed by atoms with Crippen LogP contribution in [0.1, 0.15) is 32.7 Å². The van der Waals surface area contributed by atoms with Crippen LogP contribution in [0, 0.1) is 0 Å². The van der Waals surface area contributed by atoms with Gasteiger partial charge in [-0.05, 0) is 24.1 Å². The van der Waals surface area contributed by atoms with Gasteiger partial charge in [0.2, 0.25) is 0 Å². The number of benzene rings is 1. The maximum absolute atomic E-state index is 11.4. The fourth-order valence-electron chi connectivity index (χ4n) is 1.83. The van der Waals surface area contributed by atoms with Gasteiger partial charge >= 0.3 is 0 Å². The molecule has 4 nitrogen and oxygen atoms in total. The van der Waals surface area contributed by atoms with Crippen LogP contribution < -0.4 is 10.6 Å². The number of aromatic nitrogens is 1. The minimum Gasteiger partial charge on any atom is -0.355 e. The van der Waals surface area contributed by atoms with E-state index in [4.69, 9.17) is 0 Å². The van der Waals surface area contributed by atoms with E-state index < -0.39 is 0 Å². The number of carbonyl (C=O) groups excluding carboxylic acids is 1. The molecule has 1 aromatic carbocycles. The smallest absolute Gasteiger partial charge is 0.251 e. The fourth-order valence-corrected chi connectivity index (χ4v) is 2.66. The molecule has 0 saturated heterocycles.